The van der Waals surface area contributed by atoms with E-state index in [9.17, 15) is 15.2 Å². The molecule has 0 unspecified atom stereocenters. The number of nitro benzene ring substituents is 1. The van der Waals surface area contributed by atoms with Gasteiger partial charge in [-0.25, -0.2) is 0 Å². The summed E-state index contributed by atoms with van der Waals surface area (Å²) < 4.78 is 0. The first-order valence-electron chi connectivity index (χ1n) is 4.26. The average Bonchev–Trinajstić information content (AvgIpc) is 2.07. The van der Waals surface area contributed by atoms with E-state index in [-0.39, 0.29) is 11.4 Å². The summed E-state index contributed by atoms with van der Waals surface area (Å²) in [5.41, 5.74) is 0.365. The molecule has 0 aliphatic carbocycles. The summed E-state index contributed by atoms with van der Waals surface area (Å²) in [7, 11) is 3.74. The lowest BCUT2D eigenvalue weighted by Gasteiger charge is -2.08. The first-order chi connectivity index (χ1) is 6.52. The Morgan fingerprint density at radius 1 is 1.50 bits per heavy atom. The smallest absolute Gasteiger partial charge is 0.282 e. The quantitative estimate of drug-likeness (QED) is 0.527. The predicted molar refractivity (Wildman–Crippen MR) is 51.3 cm³/mol. The average molecular weight is 197 g/mol. The highest BCUT2D eigenvalue weighted by Gasteiger charge is 2.19. The minimum absolute atomic E-state index is 0.0135. The van der Waals surface area contributed by atoms with Crippen molar-refractivity contribution in [2.75, 3.05) is 14.1 Å². The van der Waals surface area contributed by atoms with Gasteiger partial charge in [0.25, 0.3) is 5.69 Å². The Balaban J connectivity index is 3.15. The molecule has 0 fully saturated rings. The van der Waals surface area contributed by atoms with E-state index in [1.807, 2.05) is 14.1 Å². The molecule has 1 rings (SSSR count). The molecule has 0 bridgehead atoms. The number of hydrogen-bond donors (Lipinski definition) is 2. The molecule has 0 amide bonds. The summed E-state index contributed by atoms with van der Waals surface area (Å²) in [6, 6.07) is 4.34. The van der Waals surface area contributed by atoms with Gasteiger partial charge >= 0.3 is 0 Å². The van der Waals surface area contributed by atoms with Gasteiger partial charge in [-0.3, -0.25) is 10.1 Å². The molecule has 0 aliphatic heterocycles. The third-order valence-electron chi connectivity index (χ3n) is 1.85. The Kier molecular flexibility index (Phi) is 3.03. The van der Waals surface area contributed by atoms with Crippen molar-refractivity contribution in [3.63, 3.8) is 0 Å². The monoisotopic (exact) mass is 197 g/mol. The minimum Gasteiger partial charge on any atom is -0.507 e. The number of nitrogens with one attached hydrogen (secondary N) is 1. The predicted octanol–water partition coefficient (Wildman–Crippen LogP) is -0.0551. The molecule has 14 heavy (non-hydrogen) atoms. The summed E-state index contributed by atoms with van der Waals surface area (Å²) in [5.74, 6) is -0.0135. The van der Waals surface area contributed by atoms with Crippen molar-refractivity contribution in [3.8, 4) is 5.75 Å². The fourth-order valence-corrected chi connectivity index (χ4v) is 1.27. The van der Waals surface area contributed by atoms with E-state index in [1.165, 1.54) is 18.2 Å². The van der Waals surface area contributed by atoms with E-state index in [4.69, 9.17) is 0 Å². The molecule has 0 heterocycles. The molecule has 76 valence electrons. The van der Waals surface area contributed by atoms with Gasteiger partial charge in [0.2, 0.25) is 0 Å². The number of benzene rings is 1. The highest BCUT2D eigenvalue weighted by atomic mass is 16.6. The maximum atomic E-state index is 10.6. The number of phenols is 1. The van der Waals surface area contributed by atoms with E-state index in [0.717, 1.165) is 4.90 Å². The Labute approximate surface area is 81.7 Å². The van der Waals surface area contributed by atoms with Gasteiger partial charge in [-0.05, 0) is 6.07 Å². The summed E-state index contributed by atoms with van der Waals surface area (Å²) in [6.45, 7) is 0.434. The van der Waals surface area contributed by atoms with Crippen LogP contribution in [0.25, 0.3) is 0 Å². The zero-order valence-corrected chi connectivity index (χ0v) is 8.15. The van der Waals surface area contributed by atoms with Crippen LogP contribution in [0.3, 0.4) is 0 Å². The van der Waals surface area contributed by atoms with E-state index in [0.29, 0.717) is 12.1 Å². The summed E-state index contributed by atoms with van der Waals surface area (Å²) in [6.07, 6.45) is 0. The molecule has 0 aromatic heterocycles. The van der Waals surface area contributed by atoms with Crippen LogP contribution < -0.4 is 4.90 Å². The van der Waals surface area contributed by atoms with Gasteiger partial charge in [-0.2, -0.15) is 0 Å². The largest absolute Gasteiger partial charge is 0.507 e. The Hall–Kier alpha value is -1.62. The van der Waals surface area contributed by atoms with E-state index in [1.54, 1.807) is 0 Å². The summed E-state index contributed by atoms with van der Waals surface area (Å²) >= 11 is 0. The number of nitrogens with zero attached hydrogens (tertiary/aromatic N) is 1. The Bertz CT molecular complexity index is 350. The topological polar surface area (TPSA) is 67.8 Å². The van der Waals surface area contributed by atoms with E-state index >= 15 is 0 Å². The van der Waals surface area contributed by atoms with Crippen LogP contribution in [0.1, 0.15) is 5.56 Å². The number of hydrogen-bond acceptors (Lipinski definition) is 3. The van der Waals surface area contributed by atoms with Gasteiger partial charge in [-0.15, -0.1) is 0 Å². The normalized spacial score (nSPS) is 10.5. The van der Waals surface area contributed by atoms with Crippen molar-refractivity contribution >= 4 is 5.69 Å². The van der Waals surface area contributed by atoms with Crippen molar-refractivity contribution in [3.05, 3.63) is 33.9 Å². The Morgan fingerprint density at radius 2 is 2.14 bits per heavy atom. The highest BCUT2D eigenvalue weighted by molar-refractivity contribution is 5.48. The maximum absolute atomic E-state index is 10.6. The lowest BCUT2D eigenvalue weighted by molar-refractivity contribution is -0.872. The number of phenolic OH excluding ortho intramolecular Hbond substituents is 1. The standard InChI is InChI=1S/C9H12N2O3/c1-10(2)6-7-8(11(13)14)4-3-5-9(7)12/h3-5,12H,6H2,1-2H3/p+1. The van der Waals surface area contributed by atoms with Crippen molar-refractivity contribution < 1.29 is 14.9 Å². The van der Waals surface area contributed by atoms with Crippen LogP contribution in [0.15, 0.2) is 18.2 Å². The molecule has 5 heteroatoms. The number of quaternary nitrogens is 1. The second-order valence-electron chi connectivity index (χ2n) is 3.42. The molecule has 0 radical (unpaired) electrons. The number of nitro groups is 1. The lowest BCUT2D eigenvalue weighted by Crippen LogP contribution is -3.04. The lowest BCUT2D eigenvalue weighted by atomic mass is 10.1. The summed E-state index contributed by atoms with van der Waals surface area (Å²) in [5, 5.41) is 20.1. The van der Waals surface area contributed by atoms with E-state index in [2.05, 4.69) is 0 Å². The van der Waals surface area contributed by atoms with Gasteiger partial charge in [0.1, 0.15) is 17.9 Å². The van der Waals surface area contributed by atoms with Crippen molar-refractivity contribution in [1.82, 2.24) is 0 Å². The van der Waals surface area contributed by atoms with Crippen LogP contribution >= 0.6 is 0 Å². The second kappa shape index (κ2) is 4.06. The van der Waals surface area contributed by atoms with Crippen LogP contribution in [0.2, 0.25) is 0 Å². The van der Waals surface area contributed by atoms with Crippen molar-refractivity contribution in [2.45, 2.75) is 6.54 Å². The summed E-state index contributed by atoms with van der Waals surface area (Å²) in [4.78, 5) is 11.2. The highest BCUT2D eigenvalue weighted by Crippen LogP contribution is 2.25. The fraction of sp³-hybridized carbons (Fsp3) is 0.333. The zero-order chi connectivity index (χ0) is 10.7. The van der Waals surface area contributed by atoms with Gasteiger partial charge in [0.15, 0.2) is 0 Å². The van der Waals surface area contributed by atoms with Crippen LogP contribution in [-0.2, 0) is 6.54 Å². The molecule has 2 N–H and O–H groups in total. The molecule has 0 saturated carbocycles. The van der Waals surface area contributed by atoms with Gasteiger partial charge in [0.05, 0.1) is 19.0 Å². The molecular weight excluding hydrogens is 184 g/mol. The molecule has 0 atom stereocenters. The molecule has 1 aromatic rings. The molecular formula is C9H13N2O3+. The molecule has 5 nitrogen and oxygen atoms in total. The van der Waals surface area contributed by atoms with Gasteiger partial charge in [0, 0.05) is 6.07 Å². The maximum Gasteiger partial charge on any atom is 0.282 e. The SMILES string of the molecule is C[NH+](C)Cc1c(O)cccc1[N+](=O)[O-]. The fourth-order valence-electron chi connectivity index (χ4n) is 1.27. The minimum atomic E-state index is -0.474. The first-order valence-corrected chi connectivity index (χ1v) is 4.26. The molecule has 0 spiro atoms. The third-order valence-corrected chi connectivity index (χ3v) is 1.85. The molecule has 1 aromatic carbocycles. The van der Waals surface area contributed by atoms with E-state index < -0.39 is 4.92 Å². The Morgan fingerprint density at radius 3 is 2.64 bits per heavy atom. The third kappa shape index (κ3) is 2.20. The zero-order valence-electron chi connectivity index (χ0n) is 8.15. The van der Waals surface area contributed by atoms with Gasteiger partial charge < -0.3 is 10.0 Å². The molecule has 0 saturated heterocycles. The molecule has 0 aliphatic rings. The second-order valence-corrected chi connectivity index (χ2v) is 3.42. The van der Waals surface area contributed by atoms with Crippen LogP contribution in [-0.4, -0.2) is 24.1 Å². The van der Waals surface area contributed by atoms with Crippen LogP contribution in [0, 0.1) is 10.1 Å². The van der Waals surface area contributed by atoms with Crippen LogP contribution in [0.5, 0.6) is 5.75 Å². The van der Waals surface area contributed by atoms with Crippen LogP contribution in [0.4, 0.5) is 5.69 Å². The van der Waals surface area contributed by atoms with Gasteiger partial charge in [-0.1, -0.05) is 6.07 Å². The number of rotatable bonds is 3. The first kappa shape index (κ1) is 10.5. The number of aromatic hydroxyl groups is 1. The van der Waals surface area contributed by atoms with Crippen molar-refractivity contribution in [1.29, 1.82) is 0 Å². The van der Waals surface area contributed by atoms with Crippen molar-refractivity contribution in [2.24, 2.45) is 0 Å².